The third-order valence-corrected chi connectivity index (χ3v) is 14.0. The molecule has 0 aliphatic heterocycles. The van der Waals surface area contributed by atoms with E-state index in [4.69, 9.17) is 15.0 Å². The van der Waals surface area contributed by atoms with Gasteiger partial charge in [-0.25, -0.2) is 15.0 Å². The first kappa shape index (κ1) is 41.4. The zero-order valence-electron chi connectivity index (χ0n) is 37.0. The molecule has 0 unspecified atom stereocenters. The van der Waals surface area contributed by atoms with E-state index >= 15 is 0 Å². The quantitative estimate of drug-likeness (QED) is 0.155. The average molecular weight is 909 g/mol. The fourth-order valence-electron chi connectivity index (χ4n) is 9.45. The van der Waals surface area contributed by atoms with Crippen molar-refractivity contribution in [2.75, 3.05) is 0 Å². The third kappa shape index (κ3) is 7.08. The zero-order chi connectivity index (χ0) is 47.3. The maximum absolute atomic E-state index is 10.3. The van der Waals surface area contributed by atoms with Crippen molar-refractivity contribution >= 4 is 53.3 Å². The fraction of sp³-hybridized carbons (Fsp3) is 0. The van der Waals surface area contributed by atoms with E-state index in [1.165, 1.54) is 20.2 Å². The maximum Gasteiger partial charge on any atom is 0.166 e. The Hall–Kier alpha value is -10.0. The van der Waals surface area contributed by atoms with E-state index < -0.39 is 0 Å². The molecule has 70 heavy (non-hydrogen) atoms. The van der Waals surface area contributed by atoms with Crippen LogP contribution in [0.4, 0.5) is 0 Å². The highest BCUT2D eigenvalue weighted by Crippen LogP contribution is 2.43. The Morgan fingerprint density at radius 1 is 0.343 bits per heavy atom. The molecule has 0 atom stereocenters. The lowest BCUT2D eigenvalue weighted by atomic mass is 9.96. The van der Waals surface area contributed by atoms with E-state index in [-0.39, 0.29) is 0 Å². The minimum absolute atomic E-state index is 0.390. The number of rotatable bonds is 7. The van der Waals surface area contributed by atoms with Gasteiger partial charge in [0.25, 0.3) is 0 Å². The van der Waals surface area contributed by atoms with Crippen LogP contribution < -0.4 is 0 Å². The Kier molecular flexibility index (Phi) is 10.1. The molecular weight excluding hydrogens is 877 g/mol. The molecule has 0 N–H and O–H groups in total. The van der Waals surface area contributed by atoms with E-state index in [1.54, 1.807) is 35.6 Å². The van der Waals surface area contributed by atoms with Crippen LogP contribution in [-0.4, -0.2) is 19.5 Å². The summed E-state index contributed by atoms with van der Waals surface area (Å²) in [5, 5.41) is 44.4. The number of benzene rings is 9. The maximum atomic E-state index is 10.3. The lowest BCUT2D eigenvalue weighted by molar-refractivity contribution is 1.06. The fourth-order valence-corrected chi connectivity index (χ4v) is 10.5. The van der Waals surface area contributed by atoms with Crippen LogP contribution in [0.2, 0.25) is 0 Å². The Morgan fingerprint density at radius 3 is 1.41 bits per heavy atom. The van der Waals surface area contributed by atoms with Crippen molar-refractivity contribution in [3.05, 3.63) is 216 Å². The molecule has 0 aliphatic carbocycles. The van der Waals surface area contributed by atoms with Crippen LogP contribution in [0.1, 0.15) is 22.3 Å². The highest BCUT2D eigenvalue weighted by Gasteiger charge is 2.23. The first-order valence-corrected chi connectivity index (χ1v) is 23.2. The molecule has 9 aromatic carbocycles. The Labute approximate surface area is 405 Å². The van der Waals surface area contributed by atoms with Gasteiger partial charge in [0.15, 0.2) is 17.5 Å². The molecule has 9 heteroatoms. The predicted molar refractivity (Wildman–Crippen MR) is 279 cm³/mol. The number of nitriles is 4. The molecule has 322 valence electrons. The molecule has 12 rings (SSSR count). The van der Waals surface area contributed by atoms with Crippen LogP contribution in [0.15, 0.2) is 194 Å². The van der Waals surface area contributed by atoms with Gasteiger partial charge in [0, 0.05) is 47.6 Å². The van der Waals surface area contributed by atoms with E-state index in [0.29, 0.717) is 50.9 Å². The molecule has 0 saturated heterocycles. The number of aromatic nitrogens is 4. The highest BCUT2D eigenvalue weighted by atomic mass is 32.1. The second-order valence-electron chi connectivity index (χ2n) is 16.8. The van der Waals surface area contributed by atoms with Gasteiger partial charge in [-0.1, -0.05) is 127 Å². The zero-order valence-corrected chi connectivity index (χ0v) is 37.8. The molecular formula is C61H32N8S. The van der Waals surface area contributed by atoms with Crippen LogP contribution in [0.5, 0.6) is 0 Å². The molecule has 0 radical (unpaired) electrons. The van der Waals surface area contributed by atoms with Crippen molar-refractivity contribution < 1.29 is 0 Å². The molecule has 3 heterocycles. The smallest absolute Gasteiger partial charge is 0.166 e. The standard InChI is InChI=1S/C61H32N8S/c62-33-37-15-21-47(45(27-37)35-64)43-17-23-49-50-24-18-44(48-22-16-38(34-63)28-46(48)36-65)32-56(50)69(55(49)31-43)54-25-19-41(42-20-26-58-52(29-42)51-13-7-8-14-57(51)70-58)30-53(54)61-67-59(39-9-3-1-4-10-39)66-60(68-61)40-11-5-2-6-12-40/h1-32H. The lowest BCUT2D eigenvalue weighted by Crippen LogP contribution is -2.04. The summed E-state index contributed by atoms with van der Waals surface area (Å²) in [7, 11) is 0. The van der Waals surface area contributed by atoms with Crippen molar-refractivity contribution in [2.24, 2.45) is 0 Å². The van der Waals surface area contributed by atoms with Gasteiger partial charge in [-0.3, -0.25) is 0 Å². The second kappa shape index (κ2) is 17.0. The number of fused-ring (bicyclic) bond motifs is 6. The van der Waals surface area contributed by atoms with Crippen LogP contribution >= 0.6 is 11.3 Å². The first-order valence-electron chi connectivity index (χ1n) is 22.4. The van der Waals surface area contributed by atoms with Gasteiger partial charge in [0.05, 0.1) is 63.3 Å². The van der Waals surface area contributed by atoms with Gasteiger partial charge in [-0.2, -0.15) is 21.0 Å². The molecule has 0 fully saturated rings. The summed E-state index contributed by atoms with van der Waals surface area (Å²) in [6.07, 6.45) is 0. The molecule has 0 spiro atoms. The van der Waals surface area contributed by atoms with E-state index in [0.717, 1.165) is 66.4 Å². The minimum atomic E-state index is 0.390. The molecule has 8 nitrogen and oxygen atoms in total. The van der Waals surface area contributed by atoms with E-state index in [1.807, 2.05) is 84.9 Å². The van der Waals surface area contributed by atoms with Crippen molar-refractivity contribution in [3.63, 3.8) is 0 Å². The molecule has 0 bridgehead atoms. The van der Waals surface area contributed by atoms with Gasteiger partial charge in [0.1, 0.15) is 0 Å². The number of nitrogens with zero attached hydrogens (tertiary/aromatic N) is 8. The number of hydrogen-bond donors (Lipinski definition) is 0. The SMILES string of the molecule is N#Cc1ccc(-c2ccc3c4ccc(-c5ccc(C#N)cc5C#N)cc4n(-c4ccc(-c5ccc6sc7ccccc7c6c5)cc4-c4nc(-c5ccccc5)nc(-c5ccccc5)n4)c3c2)c(C#N)c1. The van der Waals surface area contributed by atoms with E-state index in [2.05, 4.69) is 114 Å². The summed E-state index contributed by atoms with van der Waals surface area (Å²) in [4.78, 5) is 15.7. The normalized spacial score (nSPS) is 11.1. The molecule has 0 aliphatic rings. The van der Waals surface area contributed by atoms with Crippen molar-refractivity contribution in [1.82, 2.24) is 19.5 Å². The summed E-state index contributed by atoms with van der Waals surface area (Å²) in [6.45, 7) is 0. The molecule has 0 saturated carbocycles. The van der Waals surface area contributed by atoms with Crippen molar-refractivity contribution in [2.45, 2.75) is 0 Å². The topological polar surface area (TPSA) is 139 Å². The second-order valence-corrected chi connectivity index (χ2v) is 17.9. The summed E-state index contributed by atoms with van der Waals surface area (Å²) < 4.78 is 4.65. The summed E-state index contributed by atoms with van der Waals surface area (Å²) in [5.41, 5.74) is 11.5. The van der Waals surface area contributed by atoms with Gasteiger partial charge in [-0.15, -0.1) is 11.3 Å². The molecule has 0 amide bonds. The van der Waals surface area contributed by atoms with Gasteiger partial charge >= 0.3 is 0 Å². The Morgan fingerprint density at radius 2 is 0.843 bits per heavy atom. The summed E-state index contributed by atoms with van der Waals surface area (Å²) in [6, 6.07) is 73.0. The summed E-state index contributed by atoms with van der Waals surface area (Å²) >= 11 is 1.78. The third-order valence-electron chi connectivity index (χ3n) is 12.8. The highest BCUT2D eigenvalue weighted by molar-refractivity contribution is 7.25. The number of thiophene rings is 1. The molecule has 3 aromatic heterocycles. The monoisotopic (exact) mass is 908 g/mol. The van der Waals surface area contributed by atoms with Gasteiger partial charge < -0.3 is 4.57 Å². The minimum Gasteiger partial charge on any atom is -0.308 e. The largest absolute Gasteiger partial charge is 0.308 e. The van der Waals surface area contributed by atoms with Gasteiger partial charge in [0.2, 0.25) is 0 Å². The Bertz CT molecular complexity index is 4100. The van der Waals surface area contributed by atoms with Crippen LogP contribution in [-0.2, 0) is 0 Å². The Balaban J connectivity index is 1.18. The van der Waals surface area contributed by atoms with E-state index in [9.17, 15) is 21.0 Å². The van der Waals surface area contributed by atoms with Crippen LogP contribution in [0.25, 0.3) is 115 Å². The van der Waals surface area contributed by atoms with Crippen molar-refractivity contribution in [1.29, 1.82) is 21.0 Å². The predicted octanol–water partition coefficient (Wildman–Crippen LogP) is 14.8. The molecule has 12 aromatic rings. The number of hydrogen-bond acceptors (Lipinski definition) is 8. The lowest BCUT2D eigenvalue weighted by Gasteiger charge is -2.17. The van der Waals surface area contributed by atoms with Crippen LogP contribution in [0.3, 0.4) is 0 Å². The first-order chi connectivity index (χ1) is 34.5. The summed E-state index contributed by atoms with van der Waals surface area (Å²) in [5.74, 6) is 1.51. The average Bonchev–Trinajstić information content (AvgIpc) is 3.97. The van der Waals surface area contributed by atoms with Gasteiger partial charge in [-0.05, 0) is 100 Å². The van der Waals surface area contributed by atoms with Crippen molar-refractivity contribution in [3.8, 4) is 97.5 Å². The van der Waals surface area contributed by atoms with Crippen LogP contribution in [0, 0.1) is 45.3 Å².